The Morgan fingerprint density at radius 1 is 1.14 bits per heavy atom. The van der Waals surface area contributed by atoms with Gasteiger partial charge in [0.05, 0.1) is 0 Å². The summed E-state index contributed by atoms with van der Waals surface area (Å²) in [6, 6.07) is 4.58. The summed E-state index contributed by atoms with van der Waals surface area (Å²) in [6.07, 6.45) is 7.08. The Morgan fingerprint density at radius 2 is 1.86 bits per heavy atom. The van der Waals surface area contributed by atoms with Crippen LogP contribution in [0.2, 0.25) is 0 Å². The maximum absolute atomic E-state index is 6.47. The lowest BCUT2D eigenvalue weighted by molar-refractivity contribution is -0.0727. The van der Waals surface area contributed by atoms with Crippen molar-refractivity contribution in [2.75, 3.05) is 0 Å². The smallest absolute Gasteiger partial charge is 0.127 e. The molecule has 22 heavy (non-hydrogen) atoms. The van der Waals surface area contributed by atoms with Gasteiger partial charge in [-0.05, 0) is 70.6 Å². The van der Waals surface area contributed by atoms with E-state index in [0.29, 0.717) is 11.8 Å². The maximum atomic E-state index is 6.47. The topological polar surface area (TPSA) is 18.5 Å². The fraction of sp³-hybridized carbons (Fsp3) is 0.700. The van der Waals surface area contributed by atoms with E-state index >= 15 is 0 Å². The highest BCUT2D eigenvalue weighted by atomic mass is 16.5. The molecule has 2 heterocycles. The van der Waals surface area contributed by atoms with Crippen molar-refractivity contribution in [2.24, 2.45) is 5.92 Å². The van der Waals surface area contributed by atoms with E-state index in [1.807, 2.05) is 0 Å². The van der Waals surface area contributed by atoms with E-state index in [0.717, 1.165) is 30.8 Å². The molecule has 1 aromatic carbocycles. The highest BCUT2D eigenvalue weighted by Gasteiger charge is 2.54. The van der Waals surface area contributed by atoms with Crippen LogP contribution in [0.3, 0.4) is 0 Å². The molecular weight excluding hydrogens is 272 g/mol. The van der Waals surface area contributed by atoms with Crippen LogP contribution in [-0.4, -0.2) is 11.2 Å². The van der Waals surface area contributed by atoms with E-state index in [2.05, 4.69) is 39.8 Å². The number of fused-ring (bicyclic) bond motifs is 1. The largest absolute Gasteiger partial charge is 0.487 e. The van der Waals surface area contributed by atoms with Crippen molar-refractivity contribution in [3.63, 3.8) is 0 Å². The average Bonchev–Trinajstić information content (AvgIpc) is 2.42. The molecular formula is C20H28O2. The Kier molecular flexibility index (Phi) is 3.05. The third-order valence-corrected chi connectivity index (χ3v) is 6.10. The fourth-order valence-electron chi connectivity index (χ4n) is 4.94. The number of aryl methyl sites for hydroxylation is 1. The van der Waals surface area contributed by atoms with Gasteiger partial charge in [-0.15, -0.1) is 0 Å². The van der Waals surface area contributed by atoms with E-state index < -0.39 is 0 Å². The van der Waals surface area contributed by atoms with Gasteiger partial charge in [0.2, 0.25) is 0 Å². The molecule has 3 unspecified atom stereocenters. The molecule has 2 nitrogen and oxygen atoms in total. The summed E-state index contributed by atoms with van der Waals surface area (Å²) in [5, 5.41) is 0. The van der Waals surface area contributed by atoms with Crippen LogP contribution < -0.4 is 9.47 Å². The predicted molar refractivity (Wildman–Crippen MR) is 88.9 cm³/mol. The number of unbranched alkanes of at least 4 members (excludes halogenated alkanes) is 1. The summed E-state index contributed by atoms with van der Waals surface area (Å²) in [7, 11) is 0. The predicted octanol–water partition coefficient (Wildman–Crippen LogP) is 5.24. The highest BCUT2D eigenvalue weighted by molar-refractivity contribution is 5.54. The molecule has 4 rings (SSSR count). The maximum Gasteiger partial charge on any atom is 0.127 e. The third-order valence-electron chi connectivity index (χ3n) is 6.10. The molecule has 0 aromatic heterocycles. The number of hydrogen-bond acceptors (Lipinski definition) is 2. The second-order valence-electron chi connectivity index (χ2n) is 8.32. The van der Waals surface area contributed by atoms with E-state index in [4.69, 9.17) is 9.47 Å². The molecule has 2 aliphatic heterocycles. The zero-order valence-electron chi connectivity index (χ0n) is 14.4. The lowest BCUT2D eigenvalue weighted by Gasteiger charge is -2.55. The molecule has 0 saturated heterocycles. The highest BCUT2D eigenvalue weighted by Crippen LogP contribution is 2.60. The lowest BCUT2D eigenvalue weighted by Crippen LogP contribution is -2.53. The van der Waals surface area contributed by atoms with Crippen LogP contribution in [0.4, 0.5) is 0 Å². The van der Waals surface area contributed by atoms with Gasteiger partial charge in [0.15, 0.2) is 0 Å². The monoisotopic (exact) mass is 300 g/mol. The van der Waals surface area contributed by atoms with Gasteiger partial charge in [0.25, 0.3) is 0 Å². The zero-order chi connectivity index (χ0) is 15.5. The molecule has 0 radical (unpaired) electrons. The molecule has 120 valence electrons. The van der Waals surface area contributed by atoms with Gasteiger partial charge in [0.1, 0.15) is 22.7 Å². The molecule has 3 atom stereocenters. The number of benzene rings is 1. The van der Waals surface area contributed by atoms with Crippen molar-refractivity contribution < 1.29 is 9.47 Å². The molecule has 0 amide bonds. The minimum absolute atomic E-state index is 0.0300. The van der Waals surface area contributed by atoms with Crippen molar-refractivity contribution in [3.05, 3.63) is 23.3 Å². The second-order valence-corrected chi connectivity index (χ2v) is 8.32. The van der Waals surface area contributed by atoms with E-state index in [1.54, 1.807) is 0 Å². The minimum Gasteiger partial charge on any atom is -0.487 e. The van der Waals surface area contributed by atoms with E-state index in [-0.39, 0.29) is 11.2 Å². The van der Waals surface area contributed by atoms with Gasteiger partial charge < -0.3 is 9.47 Å². The van der Waals surface area contributed by atoms with Crippen molar-refractivity contribution in [1.82, 2.24) is 0 Å². The van der Waals surface area contributed by atoms with Gasteiger partial charge in [-0.25, -0.2) is 0 Å². The normalized spacial score (nSPS) is 33.8. The summed E-state index contributed by atoms with van der Waals surface area (Å²) >= 11 is 0. The first kappa shape index (κ1) is 14.4. The number of rotatable bonds is 3. The van der Waals surface area contributed by atoms with Crippen LogP contribution in [0, 0.1) is 5.92 Å². The summed E-state index contributed by atoms with van der Waals surface area (Å²) in [6.45, 7) is 9.09. The quantitative estimate of drug-likeness (QED) is 0.760. The molecule has 1 aliphatic carbocycles. The van der Waals surface area contributed by atoms with Gasteiger partial charge in [0, 0.05) is 17.4 Å². The summed E-state index contributed by atoms with van der Waals surface area (Å²) in [4.78, 5) is 0. The van der Waals surface area contributed by atoms with Gasteiger partial charge in [-0.1, -0.05) is 13.3 Å². The minimum atomic E-state index is -0.0585. The molecule has 1 fully saturated rings. The summed E-state index contributed by atoms with van der Waals surface area (Å²) in [5.41, 5.74) is 2.70. The van der Waals surface area contributed by atoms with Crippen LogP contribution in [0.1, 0.15) is 76.8 Å². The van der Waals surface area contributed by atoms with Crippen molar-refractivity contribution in [2.45, 2.75) is 83.3 Å². The Labute approximate surface area is 134 Å². The van der Waals surface area contributed by atoms with E-state index in [1.165, 1.54) is 30.4 Å². The molecule has 2 bridgehead atoms. The summed E-state index contributed by atoms with van der Waals surface area (Å²) < 4.78 is 12.9. The first-order valence-electron chi connectivity index (χ1n) is 8.97. The van der Waals surface area contributed by atoms with Crippen LogP contribution in [-0.2, 0) is 6.42 Å². The Balaban J connectivity index is 1.84. The SMILES string of the molecule is CCCCc1cc2c3c(c1)OC(C)(C)C1CCC(C)(CC31)O2. The first-order valence-corrected chi connectivity index (χ1v) is 8.97. The van der Waals surface area contributed by atoms with Gasteiger partial charge >= 0.3 is 0 Å². The van der Waals surface area contributed by atoms with Crippen molar-refractivity contribution >= 4 is 0 Å². The van der Waals surface area contributed by atoms with Crippen LogP contribution in [0.15, 0.2) is 12.1 Å². The van der Waals surface area contributed by atoms with Gasteiger partial charge in [-0.2, -0.15) is 0 Å². The van der Waals surface area contributed by atoms with Crippen molar-refractivity contribution in [1.29, 1.82) is 0 Å². The fourth-order valence-corrected chi connectivity index (χ4v) is 4.94. The Bertz CT molecular complexity index is 587. The standard InChI is InChI=1S/C20H28O2/c1-5-6-7-13-10-16-18-14-12-20(4,22-17(18)11-13)9-8-15(14)19(2,3)21-16/h10-11,14-15H,5-9,12H2,1-4H3. The molecule has 0 N–H and O–H groups in total. The Hall–Kier alpha value is -1.18. The molecule has 2 heteroatoms. The van der Waals surface area contributed by atoms with E-state index in [9.17, 15) is 0 Å². The molecule has 1 aromatic rings. The molecule has 3 aliphatic rings. The Morgan fingerprint density at radius 3 is 2.59 bits per heavy atom. The lowest BCUT2D eigenvalue weighted by atomic mass is 9.61. The average molecular weight is 300 g/mol. The van der Waals surface area contributed by atoms with Crippen LogP contribution in [0.25, 0.3) is 0 Å². The number of ether oxygens (including phenoxy) is 2. The number of hydrogen-bond donors (Lipinski definition) is 0. The van der Waals surface area contributed by atoms with Gasteiger partial charge in [-0.3, -0.25) is 0 Å². The zero-order valence-corrected chi connectivity index (χ0v) is 14.4. The van der Waals surface area contributed by atoms with Crippen LogP contribution >= 0.6 is 0 Å². The molecule has 1 saturated carbocycles. The first-order chi connectivity index (χ1) is 10.4. The third kappa shape index (κ3) is 2.06. The second kappa shape index (κ2) is 4.66. The molecule has 0 spiro atoms. The van der Waals surface area contributed by atoms with Crippen molar-refractivity contribution in [3.8, 4) is 11.5 Å². The van der Waals surface area contributed by atoms with Crippen LogP contribution in [0.5, 0.6) is 11.5 Å². The summed E-state index contributed by atoms with van der Waals surface area (Å²) in [5.74, 6) is 3.44.